The van der Waals surface area contributed by atoms with Gasteiger partial charge in [-0.3, -0.25) is 4.98 Å². The Morgan fingerprint density at radius 1 is 1.38 bits per heavy atom. The van der Waals surface area contributed by atoms with Crippen molar-refractivity contribution in [2.45, 2.75) is 31.9 Å². The van der Waals surface area contributed by atoms with E-state index in [2.05, 4.69) is 17.2 Å². The molecule has 1 aromatic carbocycles. The number of hydrogen-bond donors (Lipinski definition) is 1. The summed E-state index contributed by atoms with van der Waals surface area (Å²) in [6.07, 6.45) is 3.97. The quantitative estimate of drug-likeness (QED) is 0.891. The predicted octanol–water partition coefficient (Wildman–Crippen LogP) is 2.89. The highest BCUT2D eigenvalue weighted by molar-refractivity contribution is 7.09. The lowest BCUT2D eigenvalue weighted by Gasteiger charge is -2.32. The Hall–Kier alpha value is -1.59. The van der Waals surface area contributed by atoms with Crippen LogP contribution < -0.4 is 14.8 Å². The van der Waals surface area contributed by atoms with Crippen molar-refractivity contribution in [1.29, 1.82) is 0 Å². The summed E-state index contributed by atoms with van der Waals surface area (Å²) in [5.74, 6) is 1.67. The molecule has 1 aliphatic rings. The van der Waals surface area contributed by atoms with Gasteiger partial charge >= 0.3 is 0 Å². The first-order chi connectivity index (χ1) is 10.4. The number of thiazole rings is 1. The van der Waals surface area contributed by atoms with Crippen LogP contribution in [-0.4, -0.2) is 30.3 Å². The molecule has 0 radical (unpaired) electrons. The van der Waals surface area contributed by atoms with Gasteiger partial charge in [0.15, 0.2) is 11.5 Å². The van der Waals surface area contributed by atoms with E-state index in [0.29, 0.717) is 6.61 Å². The second-order valence-corrected chi connectivity index (χ2v) is 6.12. The molecular weight excluding hydrogens is 284 g/mol. The number of ether oxygens (including phenoxy) is 2. The van der Waals surface area contributed by atoms with Gasteiger partial charge < -0.3 is 14.8 Å². The Balaban J connectivity index is 1.71. The summed E-state index contributed by atoms with van der Waals surface area (Å²) >= 11 is 1.69. The van der Waals surface area contributed by atoms with E-state index in [4.69, 9.17) is 9.47 Å². The Morgan fingerprint density at radius 3 is 3.00 bits per heavy atom. The molecule has 0 spiro atoms. The first kappa shape index (κ1) is 14.4. The smallest absolute Gasteiger partial charge is 0.161 e. The van der Waals surface area contributed by atoms with Crippen molar-refractivity contribution in [2.75, 3.05) is 13.2 Å². The average Bonchev–Trinajstić information content (AvgIpc) is 3.04. The van der Waals surface area contributed by atoms with E-state index < -0.39 is 0 Å². The van der Waals surface area contributed by atoms with Gasteiger partial charge in [-0.25, -0.2) is 0 Å². The lowest BCUT2D eigenvalue weighted by atomic mass is 10.1. The van der Waals surface area contributed by atoms with Crippen LogP contribution in [0.15, 0.2) is 36.0 Å². The van der Waals surface area contributed by atoms with E-state index in [0.717, 1.165) is 30.9 Å². The summed E-state index contributed by atoms with van der Waals surface area (Å²) in [5, 5.41) is 3.58. The molecule has 21 heavy (non-hydrogen) atoms. The summed E-state index contributed by atoms with van der Waals surface area (Å²) in [6.45, 7) is 3.73. The number of nitrogens with one attached hydrogen (secondary N) is 1. The predicted molar refractivity (Wildman–Crippen MR) is 84.3 cm³/mol. The van der Waals surface area contributed by atoms with E-state index in [-0.39, 0.29) is 12.1 Å². The van der Waals surface area contributed by atoms with E-state index in [9.17, 15) is 0 Å². The van der Waals surface area contributed by atoms with Gasteiger partial charge in [0.05, 0.1) is 11.6 Å². The molecule has 3 rings (SSSR count). The molecule has 0 aliphatic carbocycles. The number of nitrogens with zero attached hydrogens (tertiary/aromatic N) is 1. The summed E-state index contributed by atoms with van der Waals surface area (Å²) in [5.41, 5.74) is 1.87. The summed E-state index contributed by atoms with van der Waals surface area (Å²) in [4.78, 5) is 5.42. The molecule has 4 nitrogen and oxygen atoms in total. The molecule has 0 fully saturated rings. The zero-order valence-corrected chi connectivity index (χ0v) is 12.9. The van der Waals surface area contributed by atoms with Crippen LogP contribution in [0.2, 0.25) is 0 Å². The van der Waals surface area contributed by atoms with Crippen LogP contribution in [0.1, 0.15) is 18.2 Å². The minimum atomic E-state index is 0.0218. The zero-order valence-electron chi connectivity index (χ0n) is 12.1. The Morgan fingerprint density at radius 2 is 2.24 bits per heavy atom. The average molecular weight is 304 g/mol. The number of para-hydroxylation sites is 2. The van der Waals surface area contributed by atoms with Gasteiger partial charge in [-0.05, 0) is 25.1 Å². The van der Waals surface area contributed by atoms with Gasteiger partial charge in [-0.1, -0.05) is 19.1 Å². The number of rotatable bonds is 6. The SMILES string of the molecule is CCCNC(Cc1cncs1)C1COc2ccccc2O1. The Labute approximate surface area is 129 Å². The maximum absolute atomic E-state index is 6.14. The molecule has 2 unspecified atom stereocenters. The monoisotopic (exact) mass is 304 g/mol. The van der Waals surface area contributed by atoms with Gasteiger partial charge in [0.2, 0.25) is 0 Å². The van der Waals surface area contributed by atoms with Gasteiger partial charge in [0.1, 0.15) is 12.7 Å². The number of hydrogen-bond acceptors (Lipinski definition) is 5. The van der Waals surface area contributed by atoms with Crippen molar-refractivity contribution in [2.24, 2.45) is 0 Å². The van der Waals surface area contributed by atoms with Gasteiger partial charge in [-0.2, -0.15) is 0 Å². The summed E-state index contributed by atoms with van der Waals surface area (Å²) < 4.78 is 12.0. The molecule has 2 atom stereocenters. The van der Waals surface area contributed by atoms with Crippen LogP contribution in [0.4, 0.5) is 0 Å². The van der Waals surface area contributed by atoms with Crippen LogP contribution in [0.25, 0.3) is 0 Å². The van der Waals surface area contributed by atoms with E-state index in [1.54, 1.807) is 11.3 Å². The third-order valence-electron chi connectivity index (χ3n) is 3.54. The van der Waals surface area contributed by atoms with Crippen LogP contribution in [-0.2, 0) is 6.42 Å². The molecule has 0 amide bonds. The molecule has 1 aliphatic heterocycles. The highest BCUT2D eigenvalue weighted by Crippen LogP contribution is 2.32. The van der Waals surface area contributed by atoms with Crippen LogP contribution >= 0.6 is 11.3 Å². The van der Waals surface area contributed by atoms with Gasteiger partial charge in [-0.15, -0.1) is 11.3 Å². The molecule has 5 heteroatoms. The number of aromatic nitrogens is 1. The first-order valence-electron chi connectivity index (χ1n) is 7.36. The number of benzene rings is 1. The fourth-order valence-electron chi connectivity index (χ4n) is 2.46. The molecule has 112 valence electrons. The molecule has 2 aromatic rings. The molecule has 0 saturated carbocycles. The van der Waals surface area contributed by atoms with Crippen molar-refractivity contribution >= 4 is 11.3 Å². The second-order valence-electron chi connectivity index (χ2n) is 5.15. The maximum Gasteiger partial charge on any atom is 0.161 e. The normalized spacial score (nSPS) is 18.4. The Kier molecular flexibility index (Phi) is 4.72. The van der Waals surface area contributed by atoms with Gasteiger partial charge in [0, 0.05) is 17.5 Å². The summed E-state index contributed by atoms with van der Waals surface area (Å²) in [6, 6.07) is 8.09. The van der Waals surface area contributed by atoms with Crippen molar-refractivity contribution in [3.05, 3.63) is 40.8 Å². The number of fused-ring (bicyclic) bond motifs is 1. The minimum Gasteiger partial charge on any atom is -0.486 e. The Bertz CT molecular complexity index is 559. The third kappa shape index (κ3) is 3.54. The van der Waals surface area contributed by atoms with Crippen molar-refractivity contribution in [1.82, 2.24) is 10.3 Å². The first-order valence-corrected chi connectivity index (χ1v) is 8.24. The molecule has 2 heterocycles. The van der Waals surface area contributed by atoms with Crippen molar-refractivity contribution in [3.8, 4) is 11.5 Å². The van der Waals surface area contributed by atoms with Crippen LogP contribution in [0, 0.1) is 0 Å². The van der Waals surface area contributed by atoms with Crippen LogP contribution in [0.3, 0.4) is 0 Å². The minimum absolute atomic E-state index is 0.0218. The molecule has 1 N–H and O–H groups in total. The fraction of sp³-hybridized carbons (Fsp3) is 0.438. The maximum atomic E-state index is 6.14. The van der Waals surface area contributed by atoms with E-state index in [1.807, 2.05) is 36.0 Å². The van der Waals surface area contributed by atoms with E-state index >= 15 is 0 Å². The highest BCUT2D eigenvalue weighted by Gasteiger charge is 2.28. The largest absolute Gasteiger partial charge is 0.486 e. The fourth-order valence-corrected chi connectivity index (χ4v) is 3.11. The molecule has 1 aromatic heterocycles. The van der Waals surface area contributed by atoms with Crippen LogP contribution in [0.5, 0.6) is 11.5 Å². The topological polar surface area (TPSA) is 43.4 Å². The molecular formula is C16H20N2O2S. The lowest BCUT2D eigenvalue weighted by Crippen LogP contribution is -2.49. The van der Waals surface area contributed by atoms with E-state index in [1.165, 1.54) is 4.88 Å². The zero-order chi connectivity index (χ0) is 14.5. The second kappa shape index (κ2) is 6.91. The molecule has 0 bridgehead atoms. The van der Waals surface area contributed by atoms with Crippen molar-refractivity contribution < 1.29 is 9.47 Å². The molecule has 0 saturated heterocycles. The van der Waals surface area contributed by atoms with Crippen molar-refractivity contribution in [3.63, 3.8) is 0 Å². The standard InChI is InChI=1S/C16H20N2O2S/c1-2-7-18-13(8-12-9-17-11-21-12)16-10-19-14-5-3-4-6-15(14)20-16/h3-6,9,11,13,16,18H,2,7-8,10H2,1H3. The third-order valence-corrected chi connectivity index (χ3v) is 4.34. The highest BCUT2D eigenvalue weighted by atomic mass is 32.1. The lowest BCUT2D eigenvalue weighted by molar-refractivity contribution is 0.0621. The summed E-state index contributed by atoms with van der Waals surface area (Å²) in [7, 11) is 0. The van der Waals surface area contributed by atoms with Gasteiger partial charge in [0.25, 0.3) is 0 Å².